The minimum Gasteiger partial charge on any atom is -0.495 e. The number of carbonyl (C=O) groups excluding carboxylic acids is 1. The maximum Gasteiger partial charge on any atom is 0.266 e. The van der Waals surface area contributed by atoms with E-state index in [4.69, 9.17) is 14.5 Å². The van der Waals surface area contributed by atoms with Crippen LogP contribution in [0, 0.1) is 6.92 Å². The minimum absolute atomic E-state index is 0.109. The Balaban J connectivity index is 1.72. The first kappa shape index (κ1) is 28.8. The lowest BCUT2D eigenvalue weighted by molar-refractivity contribution is -0.135. The van der Waals surface area contributed by atoms with Gasteiger partial charge in [0.2, 0.25) is 5.91 Å². The molecule has 0 aliphatic carbocycles. The van der Waals surface area contributed by atoms with Crippen molar-refractivity contribution < 1.29 is 14.3 Å². The van der Waals surface area contributed by atoms with Crippen LogP contribution >= 0.6 is 0 Å². The van der Waals surface area contributed by atoms with Crippen LogP contribution in [0.4, 0.5) is 0 Å². The van der Waals surface area contributed by atoms with E-state index in [2.05, 4.69) is 0 Å². The van der Waals surface area contributed by atoms with Crippen LogP contribution in [0.15, 0.2) is 108 Å². The molecule has 4 aromatic carbocycles. The van der Waals surface area contributed by atoms with Crippen LogP contribution in [-0.2, 0) is 9.53 Å². The molecule has 1 unspecified atom stereocenters. The van der Waals surface area contributed by atoms with Gasteiger partial charge in [-0.2, -0.15) is 0 Å². The molecule has 214 valence electrons. The van der Waals surface area contributed by atoms with Gasteiger partial charge in [-0.25, -0.2) is 4.98 Å². The zero-order valence-electron chi connectivity index (χ0n) is 24.4. The van der Waals surface area contributed by atoms with Crippen LogP contribution in [0.1, 0.15) is 41.4 Å². The van der Waals surface area contributed by atoms with Crippen molar-refractivity contribution in [1.29, 1.82) is 0 Å². The molecular weight excluding hydrogens is 526 g/mol. The van der Waals surface area contributed by atoms with E-state index in [1.807, 2.05) is 111 Å². The summed E-state index contributed by atoms with van der Waals surface area (Å²) in [7, 11) is 3.19. The van der Waals surface area contributed by atoms with Crippen LogP contribution < -0.4 is 10.3 Å². The maximum atomic E-state index is 14.7. The number of carbonyl (C=O) groups is 1. The van der Waals surface area contributed by atoms with Crippen LogP contribution in [0.2, 0.25) is 0 Å². The zero-order valence-corrected chi connectivity index (χ0v) is 24.4. The first-order valence-electron chi connectivity index (χ1n) is 14.0. The Labute approximate surface area is 246 Å². The van der Waals surface area contributed by atoms with E-state index in [0.717, 1.165) is 16.7 Å². The average molecular weight is 562 g/mol. The van der Waals surface area contributed by atoms with Gasteiger partial charge in [-0.15, -0.1) is 0 Å². The fraction of sp³-hybridized carbons (Fsp3) is 0.229. The van der Waals surface area contributed by atoms with E-state index in [1.54, 1.807) is 29.8 Å². The zero-order chi connectivity index (χ0) is 29.6. The van der Waals surface area contributed by atoms with Crippen molar-refractivity contribution in [2.24, 2.45) is 0 Å². The summed E-state index contributed by atoms with van der Waals surface area (Å²) in [4.78, 5) is 35.6. The lowest BCUT2D eigenvalue weighted by Gasteiger charge is -2.33. The lowest BCUT2D eigenvalue weighted by Crippen LogP contribution is -2.42. The molecule has 1 aromatic heterocycles. The highest BCUT2D eigenvalue weighted by molar-refractivity contribution is 5.87. The van der Waals surface area contributed by atoms with Crippen molar-refractivity contribution in [3.63, 3.8) is 0 Å². The van der Waals surface area contributed by atoms with E-state index in [-0.39, 0.29) is 11.5 Å². The number of aromatic nitrogens is 2. The van der Waals surface area contributed by atoms with Gasteiger partial charge in [0, 0.05) is 13.7 Å². The summed E-state index contributed by atoms with van der Waals surface area (Å²) in [6.45, 7) is 4.50. The predicted molar refractivity (Wildman–Crippen MR) is 165 cm³/mol. The van der Waals surface area contributed by atoms with Crippen molar-refractivity contribution in [3.8, 4) is 11.4 Å². The fourth-order valence-corrected chi connectivity index (χ4v) is 5.40. The highest BCUT2D eigenvalue weighted by atomic mass is 16.5. The first-order chi connectivity index (χ1) is 20.4. The molecule has 7 nitrogen and oxygen atoms in total. The standard InChI is InChI=1S/C35H35N3O4/c1-24-19-20-31(42-4)30(23-24)38-33(36-29-18-12-11-17-28(29)34(38)39)25(2)37(21-22-41-3)35(40)32(26-13-7-5-8-14-26)27-15-9-6-10-16-27/h5-20,23,25,32H,21-22H2,1-4H3. The molecular formula is C35H35N3O4. The fourth-order valence-electron chi connectivity index (χ4n) is 5.40. The summed E-state index contributed by atoms with van der Waals surface area (Å²) in [5.74, 6) is 0.310. The molecule has 5 rings (SSSR count). The van der Waals surface area contributed by atoms with E-state index < -0.39 is 12.0 Å². The lowest BCUT2D eigenvalue weighted by atomic mass is 9.89. The summed E-state index contributed by atoms with van der Waals surface area (Å²) in [5, 5.41) is 0.484. The Morgan fingerprint density at radius 2 is 1.50 bits per heavy atom. The Hall–Kier alpha value is -4.75. The number of nitrogens with zero attached hydrogens (tertiary/aromatic N) is 3. The molecule has 1 atom stereocenters. The van der Waals surface area contributed by atoms with Crippen LogP contribution in [0.25, 0.3) is 16.6 Å². The van der Waals surface area contributed by atoms with E-state index in [0.29, 0.717) is 41.3 Å². The molecule has 1 heterocycles. The van der Waals surface area contributed by atoms with Gasteiger partial charge < -0.3 is 14.4 Å². The number of hydrogen-bond acceptors (Lipinski definition) is 5. The smallest absolute Gasteiger partial charge is 0.266 e. The molecule has 1 amide bonds. The number of benzene rings is 4. The van der Waals surface area contributed by atoms with Gasteiger partial charge in [-0.3, -0.25) is 14.2 Å². The molecule has 0 aliphatic rings. The van der Waals surface area contributed by atoms with Crippen LogP contribution in [0.5, 0.6) is 5.75 Å². The molecule has 0 spiro atoms. The van der Waals surface area contributed by atoms with Gasteiger partial charge in [0.1, 0.15) is 11.6 Å². The molecule has 0 aliphatic heterocycles. The Bertz CT molecular complexity index is 1700. The molecule has 0 radical (unpaired) electrons. The molecule has 5 aromatic rings. The topological polar surface area (TPSA) is 73.7 Å². The van der Waals surface area contributed by atoms with Gasteiger partial charge in [0.05, 0.1) is 42.3 Å². The maximum absolute atomic E-state index is 14.7. The quantitative estimate of drug-likeness (QED) is 0.207. The molecule has 7 heteroatoms. The molecule has 0 fully saturated rings. The summed E-state index contributed by atoms with van der Waals surface area (Å²) >= 11 is 0. The monoisotopic (exact) mass is 561 g/mol. The molecule has 0 saturated carbocycles. The number of ether oxygens (including phenoxy) is 2. The van der Waals surface area contributed by atoms with Crippen molar-refractivity contribution >= 4 is 16.8 Å². The van der Waals surface area contributed by atoms with Crippen LogP contribution in [-0.4, -0.2) is 47.7 Å². The van der Waals surface area contributed by atoms with Gasteiger partial charge >= 0.3 is 0 Å². The molecule has 0 saturated heterocycles. The van der Waals surface area contributed by atoms with Gasteiger partial charge in [-0.1, -0.05) is 78.9 Å². The number of aryl methyl sites for hydroxylation is 1. The normalized spacial score (nSPS) is 11.9. The second-order valence-electron chi connectivity index (χ2n) is 10.3. The first-order valence-corrected chi connectivity index (χ1v) is 14.0. The minimum atomic E-state index is -0.593. The number of rotatable bonds is 10. The highest BCUT2D eigenvalue weighted by Crippen LogP contribution is 2.33. The average Bonchev–Trinajstić information content (AvgIpc) is 3.02. The second-order valence-corrected chi connectivity index (χ2v) is 10.3. The largest absolute Gasteiger partial charge is 0.495 e. The van der Waals surface area contributed by atoms with E-state index in [1.165, 1.54) is 0 Å². The van der Waals surface area contributed by atoms with Crippen molar-refractivity contribution in [2.75, 3.05) is 27.4 Å². The number of methoxy groups -OCH3 is 2. The Morgan fingerprint density at radius 1 is 0.881 bits per heavy atom. The summed E-state index contributed by atoms with van der Waals surface area (Å²) < 4.78 is 12.7. The van der Waals surface area contributed by atoms with Crippen molar-refractivity contribution in [3.05, 3.63) is 136 Å². The summed E-state index contributed by atoms with van der Waals surface area (Å²) in [6.07, 6.45) is 0. The predicted octanol–water partition coefficient (Wildman–Crippen LogP) is 6.07. The van der Waals surface area contributed by atoms with Gasteiger partial charge in [0.15, 0.2) is 0 Å². The highest BCUT2D eigenvalue weighted by Gasteiger charge is 2.33. The molecule has 42 heavy (non-hydrogen) atoms. The van der Waals surface area contributed by atoms with Gasteiger partial charge in [0.25, 0.3) is 5.56 Å². The third-order valence-corrected chi connectivity index (χ3v) is 7.55. The molecule has 0 bridgehead atoms. The van der Waals surface area contributed by atoms with Crippen molar-refractivity contribution in [2.45, 2.75) is 25.8 Å². The van der Waals surface area contributed by atoms with Gasteiger partial charge in [-0.05, 0) is 54.8 Å². The summed E-state index contributed by atoms with van der Waals surface area (Å²) in [5.41, 5.74) is 3.64. The number of para-hydroxylation sites is 1. The second kappa shape index (κ2) is 12.8. The SMILES string of the molecule is COCCN(C(=O)C(c1ccccc1)c1ccccc1)C(C)c1nc2ccccc2c(=O)n1-c1cc(C)ccc1OC. The number of amides is 1. The number of hydrogen-bond donors (Lipinski definition) is 0. The third kappa shape index (κ3) is 5.69. The number of fused-ring (bicyclic) bond motifs is 1. The Morgan fingerprint density at radius 3 is 2.12 bits per heavy atom. The third-order valence-electron chi connectivity index (χ3n) is 7.55. The van der Waals surface area contributed by atoms with E-state index in [9.17, 15) is 9.59 Å². The van der Waals surface area contributed by atoms with Crippen molar-refractivity contribution in [1.82, 2.24) is 14.5 Å². The van der Waals surface area contributed by atoms with Crippen LogP contribution in [0.3, 0.4) is 0 Å². The Kier molecular flexibility index (Phi) is 8.79. The summed E-state index contributed by atoms with van der Waals surface area (Å²) in [6, 6.07) is 31.9. The van der Waals surface area contributed by atoms with E-state index >= 15 is 0 Å². The molecule has 0 N–H and O–H groups in total.